The van der Waals surface area contributed by atoms with Gasteiger partial charge in [-0.2, -0.15) is 0 Å². The van der Waals surface area contributed by atoms with Crippen LogP contribution < -0.4 is 4.57 Å². The van der Waals surface area contributed by atoms with Crippen molar-refractivity contribution >= 4 is 10.8 Å². The van der Waals surface area contributed by atoms with Crippen LogP contribution >= 0.6 is 0 Å². The third-order valence-corrected chi connectivity index (χ3v) is 5.41. The molecular formula is C27H28N+. The fourth-order valence-electron chi connectivity index (χ4n) is 3.85. The van der Waals surface area contributed by atoms with Gasteiger partial charge in [0.2, 0.25) is 5.69 Å². The Morgan fingerprint density at radius 1 is 0.893 bits per heavy atom. The van der Waals surface area contributed by atoms with Crippen molar-refractivity contribution in [1.29, 1.82) is 0 Å². The summed E-state index contributed by atoms with van der Waals surface area (Å²) in [5, 5.41) is 2.23. The summed E-state index contributed by atoms with van der Waals surface area (Å²) in [4.78, 5) is 0. The van der Waals surface area contributed by atoms with Crippen LogP contribution in [0.3, 0.4) is 0 Å². The van der Waals surface area contributed by atoms with Crippen molar-refractivity contribution in [2.45, 2.75) is 33.5 Å². The number of nitrogens with zero attached hydrogens (tertiary/aromatic N) is 1. The van der Waals surface area contributed by atoms with Crippen molar-refractivity contribution < 1.29 is 10.1 Å². The fourth-order valence-corrected chi connectivity index (χ4v) is 3.85. The van der Waals surface area contributed by atoms with Crippen molar-refractivity contribution in [1.82, 2.24) is 0 Å². The first-order valence-electron chi connectivity index (χ1n) is 11.6. The molecule has 1 heteroatoms. The second kappa shape index (κ2) is 7.24. The Balaban J connectivity index is 2.03. The average Bonchev–Trinajstić information content (AvgIpc) is 2.73. The van der Waals surface area contributed by atoms with E-state index >= 15 is 0 Å². The zero-order chi connectivity index (χ0) is 23.3. The number of hydrogen-bond donors (Lipinski definition) is 0. The van der Waals surface area contributed by atoms with E-state index in [-0.39, 0.29) is 0 Å². The Hall–Kier alpha value is -2.93. The van der Waals surface area contributed by atoms with Gasteiger partial charge in [0.15, 0.2) is 6.20 Å². The lowest BCUT2D eigenvalue weighted by Crippen LogP contribution is -2.32. The quantitative estimate of drug-likeness (QED) is 0.352. The summed E-state index contributed by atoms with van der Waals surface area (Å²) in [6, 6.07) is 22.7. The minimum absolute atomic E-state index is 0.490. The normalized spacial score (nSPS) is 16.0. The lowest BCUT2D eigenvalue weighted by molar-refractivity contribution is -0.660. The first kappa shape index (κ1) is 14.1. The van der Waals surface area contributed by atoms with E-state index in [0.717, 1.165) is 38.7 Å². The van der Waals surface area contributed by atoms with Gasteiger partial charge in [0, 0.05) is 22.7 Å². The molecule has 1 aromatic heterocycles. The molecule has 3 aromatic carbocycles. The molecule has 0 bridgehead atoms. The highest BCUT2D eigenvalue weighted by Crippen LogP contribution is 2.33. The van der Waals surface area contributed by atoms with Crippen LogP contribution in [0.4, 0.5) is 0 Å². The van der Waals surface area contributed by atoms with Gasteiger partial charge in [0.25, 0.3) is 0 Å². The van der Waals surface area contributed by atoms with Crippen molar-refractivity contribution in [3.63, 3.8) is 0 Å². The lowest BCUT2D eigenvalue weighted by atomic mass is 9.91. The van der Waals surface area contributed by atoms with Crippen molar-refractivity contribution in [2.75, 3.05) is 0 Å². The molecule has 0 N–H and O–H groups in total. The van der Waals surface area contributed by atoms with Gasteiger partial charge in [-0.25, -0.2) is 4.57 Å². The Kier molecular flexibility index (Phi) is 3.65. The van der Waals surface area contributed by atoms with Crippen LogP contribution in [0.15, 0.2) is 72.9 Å². The Bertz CT molecular complexity index is 1320. The predicted octanol–water partition coefficient (Wildman–Crippen LogP) is 6.74. The minimum Gasteiger partial charge on any atom is -0.201 e. The summed E-state index contributed by atoms with van der Waals surface area (Å²) >= 11 is 0. The molecule has 140 valence electrons. The van der Waals surface area contributed by atoms with E-state index in [2.05, 4.69) is 56.3 Å². The smallest absolute Gasteiger partial charge is 0.201 e. The topological polar surface area (TPSA) is 3.88 Å². The minimum atomic E-state index is -2.47. The maximum absolute atomic E-state index is 8.84. The highest BCUT2D eigenvalue weighted by molar-refractivity contribution is 5.88. The van der Waals surface area contributed by atoms with Gasteiger partial charge in [-0.1, -0.05) is 67.9 Å². The lowest BCUT2D eigenvalue weighted by Gasteiger charge is -2.15. The van der Waals surface area contributed by atoms with E-state index in [4.69, 9.17) is 5.48 Å². The molecule has 0 radical (unpaired) electrons. The molecule has 1 unspecified atom stereocenters. The molecule has 1 atom stereocenters. The number of aromatic nitrogens is 1. The number of benzene rings is 3. The van der Waals surface area contributed by atoms with Crippen molar-refractivity contribution in [3.8, 4) is 22.4 Å². The van der Waals surface area contributed by atoms with Gasteiger partial charge in [-0.05, 0) is 59.3 Å². The Labute approximate surface area is 173 Å². The highest BCUT2D eigenvalue weighted by atomic mass is 14.9. The summed E-state index contributed by atoms with van der Waals surface area (Å²) < 4.78 is 34.9. The average molecular weight is 371 g/mol. The molecule has 0 saturated heterocycles. The van der Waals surface area contributed by atoms with E-state index < -0.39 is 12.7 Å². The van der Waals surface area contributed by atoms with Gasteiger partial charge < -0.3 is 0 Å². The SMILES string of the molecule is [2H]C([2H])([2H])C([2H])(C)c1c[n+](C)c(-c2ccccc2C)cc1-c1ccc2cc(C)ccc2c1. The monoisotopic (exact) mass is 370 g/mol. The van der Waals surface area contributed by atoms with Crippen LogP contribution in [-0.4, -0.2) is 0 Å². The second-order valence-corrected chi connectivity index (χ2v) is 7.60. The molecule has 4 rings (SSSR count). The van der Waals surface area contributed by atoms with E-state index in [0.29, 0.717) is 5.56 Å². The first-order chi connectivity index (χ1) is 15.0. The number of pyridine rings is 1. The van der Waals surface area contributed by atoms with Crippen LogP contribution in [0.1, 0.15) is 41.8 Å². The molecule has 4 aromatic rings. The van der Waals surface area contributed by atoms with Crippen LogP contribution in [0.25, 0.3) is 33.2 Å². The van der Waals surface area contributed by atoms with Gasteiger partial charge in [0.05, 0.1) is 0 Å². The fraction of sp³-hybridized carbons (Fsp3) is 0.222. The standard InChI is InChI=1S/C27H28N/c1-18(2)26-17-28(5)27(24-9-7-6-8-20(24)4)16-25(26)23-13-12-21-14-19(3)10-11-22(21)15-23/h6-18H,1-5H3/q+1/i1D3,18D. The zero-order valence-electron chi connectivity index (χ0n) is 20.9. The largest absolute Gasteiger partial charge is 0.213 e. The molecule has 1 heterocycles. The molecule has 0 aliphatic heterocycles. The van der Waals surface area contributed by atoms with Crippen molar-refractivity contribution in [2.24, 2.45) is 7.05 Å². The Morgan fingerprint density at radius 2 is 1.64 bits per heavy atom. The predicted molar refractivity (Wildman–Crippen MR) is 120 cm³/mol. The zero-order valence-corrected chi connectivity index (χ0v) is 16.9. The first-order valence-corrected chi connectivity index (χ1v) is 9.60. The highest BCUT2D eigenvalue weighted by Gasteiger charge is 2.20. The molecule has 1 nitrogen and oxygen atoms in total. The molecule has 0 spiro atoms. The van der Waals surface area contributed by atoms with E-state index in [9.17, 15) is 0 Å². The second-order valence-electron chi connectivity index (χ2n) is 7.60. The van der Waals surface area contributed by atoms with Crippen LogP contribution in [0.2, 0.25) is 0 Å². The molecule has 0 saturated carbocycles. The maximum atomic E-state index is 8.84. The number of fused-ring (bicyclic) bond motifs is 1. The summed E-state index contributed by atoms with van der Waals surface area (Å²) in [5.41, 5.74) is 6.57. The third-order valence-electron chi connectivity index (χ3n) is 5.41. The molecule has 0 aliphatic rings. The Morgan fingerprint density at radius 3 is 2.43 bits per heavy atom. The third kappa shape index (κ3) is 3.33. The van der Waals surface area contributed by atoms with E-state index in [1.54, 1.807) is 0 Å². The van der Waals surface area contributed by atoms with Crippen molar-refractivity contribution in [3.05, 3.63) is 89.6 Å². The summed E-state index contributed by atoms with van der Waals surface area (Å²) in [6.45, 7) is 3.15. The summed E-state index contributed by atoms with van der Waals surface area (Å²) in [7, 11) is 1.91. The molecule has 0 fully saturated rings. The van der Waals surface area contributed by atoms with E-state index in [1.807, 2.05) is 42.1 Å². The van der Waals surface area contributed by atoms with E-state index in [1.165, 1.54) is 12.5 Å². The number of aryl methyl sites for hydroxylation is 3. The van der Waals surface area contributed by atoms with Crippen LogP contribution in [0.5, 0.6) is 0 Å². The van der Waals surface area contributed by atoms with Gasteiger partial charge in [0.1, 0.15) is 7.05 Å². The summed E-state index contributed by atoms with van der Waals surface area (Å²) in [6.07, 6.45) is 1.82. The van der Waals surface area contributed by atoms with Gasteiger partial charge in [-0.3, -0.25) is 0 Å². The summed E-state index contributed by atoms with van der Waals surface area (Å²) in [5.74, 6) is -1.76. The molecule has 0 amide bonds. The van der Waals surface area contributed by atoms with Crippen LogP contribution in [0, 0.1) is 13.8 Å². The molecular weight excluding hydrogens is 338 g/mol. The van der Waals surface area contributed by atoms with Gasteiger partial charge >= 0.3 is 0 Å². The molecule has 28 heavy (non-hydrogen) atoms. The van der Waals surface area contributed by atoms with Crippen LogP contribution in [-0.2, 0) is 7.05 Å². The number of rotatable bonds is 3. The maximum Gasteiger partial charge on any atom is 0.213 e. The molecule has 0 aliphatic carbocycles. The number of hydrogen-bond acceptors (Lipinski definition) is 0. The van der Waals surface area contributed by atoms with Gasteiger partial charge in [-0.15, -0.1) is 0 Å².